The van der Waals surface area contributed by atoms with Crippen LogP contribution in [0.5, 0.6) is 0 Å². The van der Waals surface area contributed by atoms with Gasteiger partial charge in [0.05, 0.1) is 17.0 Å². The molecule has 0 radical (unpaired) electrons. The summed E-state index contributed by atoms with van der Waals surface area (Å²) in [5, 5.41) is 11.8. The maximum Gasteiger partial charge on any atom is 0.251 e. The number of sulfone groups is 1. The van der Waals surface area contributed by atoms with Crippen molar-refractivity contribution in [3.63, 3.8) is 0 Å². The quantitative estimate of drug-likeness (QED) is 0.614. The Kier molecular flexibility index (Phi) is 6.05. The molecule has 0 aliphatic rings. The van der Waals surface area contributed by atoms with Gasteiger partial charge in [-0.3, -0.25) is 4.79 Å². The first-order valence-corrected chi connectivity index (χ1v) is 9.62. The summed E-state index contributed by atoms with van der Waals surface area (Å²) in [6.45, 7) is 3.09. The van der Waals surface area contributed by atoms with Gasteiger partial charge in [0.25, 0.3) is 5.91 Å². The highest BCUT2D eigenvalue weighted by Gasteiger charge is 2.37. The van der Waals surface area contributed by atoms with Gasteiger partial charge in [-0.1, -0.05) is 6.07 Å². The lowest BCUT2D eigenvalue weighted by Crippen LogP contribution is -2.46. The number of rotatable bonds is 4. The van der Waals surface area contributed by atoms with Gasteiger partial charge in [-0.15, -0.1) is 0 Å². The summed E-state index contributed by atoms with van der Waals surface area (Å²) in [6, 6.07) is 5.64. The van der Waals surface area contributed by atoms with Crippen LogP contribution < -0.4 is 5.32 Å². The standard InChI is InChI=1S/C12H14Br3NO4S/c1-11(2,7-17)16-10(18)8-4-3-5-9(6-8)21(19,20)12(13,14)15/h3-6,17H,7H2,1-2H3,(H,16,18). The molecule has 0 aliphatic carbocycles. The Hall–Kier alpha value is 0.0400. The first-order chi connectivity index (χ1) is 9.40. The van der Waals surface area contributed by atoms with Gasteiger partial charge in [-0.2, -0.15) is 0 Å². The number of aliphatic hydroxyl groups is 1. The van der Waals surface area contributed by atoms with Crippen LogP contribution in [0.3, 0.4) is 0 Å². The number of benzene rings is 1. The molecule has 2 N–H and O–H groups in total. The van der Waals surface area contributed by atoms with Crippen LogP contribution in [-0.4, -0.2) is 33.1 Å². The number of halogens is 3. The molecule has 21 heavy (non-hydrogen) atoms. The lowest BCUT2D eigenvalue weighted by atomic mass is 10.1. The molecule has 0 unspecified atom stereocenters. The molecule has 1 amide bonds. The van der Waals surface area contributed by atoms with Crippen molar-refractivity contribution in [3.8, 4) is 0 Å². The van der Waals surface area contributed by atoms with Crippen LogP contribution in [0, 0.1) is 0 Å². The fourth-order valence-electron chi connectivity index (χ4n) is 1.36. The van der Waals surface area contributed by atoms with E-state index in [9.17, 15) is 13.2 Å². The van der Waals surface area contributed by atoms with Crippen LogP contribution in [0.15, 0.2) is 29.2 Å². The van der Waals surface area contributed by atoms with Crippen LogP contribution >= 0.6 is 47.8 Å². The summed E-state index contributed by atoms with van der Waals surface area (Å²) in [5.41, 5.74) is -0.606. The van der Waals surface area contributed by atoms with Crippen LogP contribution in [0.1, 0.15) is 24.2 Å². The second kappa shape index (κ2) is 6.66. The molecule has 0 heterocycles. The first kappa shape index (κ1) is 19.1. The number of carbonyl (C=O) groups is 1. The number of hydrogen-bond donors (Lipinski definition) is 2. The Bertz CT molecular complexity index is 638. The fraction of sp³-hybridized carbons (Fsp3) is 0.417. The van der Waals surface area contributed by atoms with Crippen LogP contribution in [0.25, 0.3) is 0 Å². The Morgan fingerprint density at radius 3 is 2.33 bits per heavy atom. The largest absolute Gasteiger partial charge is 0.394 e. The molecule has 1 aromatic carbocycles. The zero-order chi connectivity index (χ0) is 16.5. The van der Waals surface area contributed by atoms with Gasteiger partial charge in [0, 0.05) is 5.56 Å². The van der Waals surface area contributed by atoms with Gasteiger partial charge in [0.15, 0.2) is 0 Å². The Morgan fingerprint density at radius 2 is 1.86 bits per heavy atom. The first-order valence-electron chi connectivity index (χ1n) is 5.75. The van der Waals surface area contributed by atoms with E-state index in [-0.39, 0.29) is 17.1 Å². The van der Waals surface area contributed by atoms with E-state index in [4.69, 9.17) is 5.11 Å². The third-order valence-corrected chi connectivity index (χ3v) is 7.88. The Balaban J connectivity index is 3.16. The van der Waals surface area contributed by atoms with Crippen molar-refractivity contribution < 1.29 is 18.3 Å². The van der Waals surface area contributed by atoms with Crippen molar-refractivity contribution in [1.82, 2.24) is 5.32 Å². The van der Waals surface area contributed by atoms with Crippen molar-refractivity contribution in [3.05, 3.63) is 29.8 Å². The molecule has 118 valence electrons. The molecule has 0 saturated heterocycles. The SMILES string of the molecule is CC(C)(CO)NC(=O)c1cccc(S(=O)(=O)C(Br)(Br)Br)c1. The fourth-order valence-corrected chi connectivity index (χ4v) is 3.85. The van der Waals surface area contributed by atoms with Crippen LogP contribution in [0.4, 0.5) is 0 Å². The summed E-state index contributed by atoms with van der Waals surface area (Å²) in [4.78, 5) is 12.1. The number of hydrogen-bond acceptors (Lipinski definition) is 4. The molecule has 1 rings (SSSR count). The molecular formula is C12H14Br3NO4S. The third kappa shape index (κ3) is 4.75. The zero-order valence-electron chi connectivity index (χ0n) is 11.2. The minimum Gasteiger partial charge on any atom is -0.394 e. The van der Waals surface area contributed by atoms with E-state index >= 15 is 0 Å². The van der Waals surface area contributed by atoms with Gasteiger partial charge in [-0.25, -0.2) is 8.42 Å². The zero-order valence-corrected chi connectivity index (χ0v) is 16.8. The van der Waals surface area contributed by atoms with E-state index in [2.05, 4.69) is 53.1 Å². The molecule has 1 aromatic rings. The Labute approximate surface area is 148 Å². The highest BCUT2D eigenvalue weighted by molar-refractivity contribution is 9.42. The van der Waals surface area contributed by atoms with Gasteiger partial charge < -0.3 is 10.4 Å². The summed E-state index contributed by atoms with van der Waals surface area (Å²) >= 11 is 8.91. The van der Waals surface area contributed by atoms with Crippen molar-refractivity contribution >= 4 is 63.5 Å². The third-order valence-electron chi connectivity index (χ3n) is 2.56. The predicted octanol–water partition coefficient (Wildman–Crippen LogP) is 2.76. The molecule has 0 fully saturated rings. The second-order valence-corrected chi connectivity index (χ2v) is 15.4. The summed E-state index contributed by atoms with van der Waals surface area (Å²) < 4.78 is 23.0. The van der Waals surface area contributed by atoms with Gasteiger partial charge >= 0.3 is 0 Å². The highest BCUT2D eigenvalue weighted by atomic mass is 80.0. The molecule has 0 aromatic heterocycles. The molecule has 0 bridgehead atoms. The van der Waals surface area contributed by atoms with Crippen LogP contribution in [-0.2, 0) is 9.84 Å². The van der Waals surface area contributed by atoms with Crippen LogP contribution in [0.2, 0.25) is 0 Å². The van der Waals surface area contributed by atoms with Crippen molar-refractivity contribution in [2.24, 2.45) is 0 Å². The van der Waals surface area contributed by atoms with Gasteiger partial charge in [-0.05, 0) is 79.8 Å². The lowest BCUT2D eigenvalue weighted by Gasteiger charge is -2.23. The highest BCUT2D eigenvalue weighted by Crippen LogP contribution is 2.43. The normalized spacial score (nSPS) is 13.0. The number of alkyl halides is 3. The maximum atomic E-state index is 12.3. The average Bonchev–Trinajstić information content (AvgIpc) is 2.37. The van der Waals surface area contributed by atoms with E-state index < -0.39 is 22.8 Å². The van der Waals surface area contributed by atoms with Crippen molar-refractivity contribution in [2.45, 2.75) is 25.8 Å². The minimum absolute atomic E-state index is 0.0254. The average molecular weight is 508 g/mol. The van der Waals surface area contributed by atoms with E-state index in [1.54, 1.807) is 13.8 Å². The predicted molar refractivity (Wildman–Crippen MR) is 91.8 cm³/mol. The second-order valence-electron chi connectivity index (χ2n) is 4.97. The van der Waals surface area contributed by atoms with Crippen molar-refractivity contribution in [1.29, 1.82) is 0 Å². The molecule has 0 atom stereocenters. The number of carbonyl (C=O) groups excluding carboxylic acids is 1. The monoisotopic (exact) mass is 505 g/mol. The number of amides is 1. The van der Waals surface area contributed by atoms with E-state index in [0.29, 0.717) is 0 Å². The van der Waals surface area contributed by atoms with Gasteiger partial charge in [0.2, 0.25) is 11.3 Å². The van der Waals surface area contributed by atoms with E-state index in [0.717, 1.165) is 0 Å². The van der Waals surface area contributed by atoms with Crippen molar-refractivity contribution in [2.75, 3.05) is 6.61 Å². The van der Waals surface area contributed by atoms with E-state index in [1.165, 1.54) is 24.3 Å². The topological polar surface area (TPSA) is 83.5 Å². The molecular weight excluding hydrogens is 494 g/mol. The molecule has 0 aliphatic heterocycles. The summed E-state index contributed by atoms with van der Waals surface area (Å²) in [5.74, 6) is -0.463. The molecule has 9 heteroatoms. The molecule has 5 nitrogen and oxygen atoms in total. The minimum atomic E-state index is -3.76. The van der Waals surface area contributed by atoms with E-state index in [1.807, 2.05) is 0 Å². The maximum absolute atomic E-state index is 12.3. The molecule has 0 spiro atoms. The van der Waals surface area contributed by atoms with Gasteiger partial charge in [0.1, 0.15) is 0 Å². The summed E-state index contributed by atoms with van der Waals surface area (Å²) in [6.07, 6.45) is 0. The number of aliphatic hydroxyl groups excluding tert-OH is 1. The Morgan fingerprint density at radius 1 is 1.29 bits per heavy atom. The number of nitrogens with one attached hydrogen (secondary N) is 1. The smallest absolute Gasteiger partial charge is 0.251 e. The molecule has 0 saturated carbocycles. The summed E-state index contributed by atoms with van der Waals surface area (Å²) in [7, 11) is -3.76. The lowest BCUT2D eigenvalue weighted by molar-refractivity contribution is 0.0869.